The number of alkyl halides is 1. The third-order valence-electron chi connectivity index (χ3n) is 3.15. The molecule has 0 aliphatic heterocycles. The van der Waals surface area contributed by atoms with Crippen molar-refractivity contribution in [2.45, 2.75) is 38.1 Å². The van der Waals surface area contributed by atoms with E-state index in [1.54, 1.807) is 6.07 Å². The molecule has 98 valence electrons. The largest absolute Gasteiger partial charge is 0.363 e. The van der Waals surface area contributed by atoms with Crippen LogP contribution in [0.4, 0.5) is 11.4 Å². The lowest BCUT2D eigenvalue weighted by molar-refractivity contribution is -0.384. The number of anilines is 1. The molecule has 1 aromatic rings. The zero-order valence-corrected chi connectivity index (χ0v) is 11.2. The molecule has 1 saturated carbocycles. The highest BCUT2D eigenvalue weighted by molar-refractivity contribution is 6.17. The van der Waals surface area contributed by atoms with Crippen molar-refractivity contribution in [1.82, 2.24) is 0 Å². The molecule has 0 radical (unpaired) electrons. The van der Waals surface area contributed by atoms with E-state index in [1.165, 1.54) is 0 Å². The first-order valence-electron chi connectivity index (χ1n) is 6.27. The van der Waals surface area contributed by atoms with E-state index in [0.29, 0.717) is 11.9 Å². The number of benzene rings is 1. The van der Waals surface area contributed by atoms with Crippen LogP contribution in [0.3, 0.4) is 0 Å². The van der Waals surface area contributed by atoms with Crippen LogP contribution in [-0.2, 0) is 5.88 Å². The summed E-state index contributed by atoms with van der Waals surface area (Å²) in [7, 11) is 0. The number of rotatable bonds is 6. The summed E-state index contributed by atoms with van der Waals surface area (Å²) in [6, 6.07) is 5.78. The molecule has 1 aromatic carbocycles. The van der Waals surface area contributed by atoms with Gasteiger partial charge in [0.1, 0.15) is 5.69 Å². The lowest BCUT2D eigenvalue weighted by Gasteiger charge is -2.23. The first-order chi connectivity index (χ1) is 8.67. The normalized spacial score (nSPS) is 14.6. The van der Waals surface area contributed by atoms with Crippen LogP contribution < -0.4 is 4.90 Å². The summed E-state index contributed by atoms with van der Waals surface area (Å²) >= 11 is 5.74. The van der Waals surface area contributed by atoms with Crippen molar-refractivity contribution in [2.24, 2.45) is 0 Å². The molecule has 18 heavy (non-hydrogen) atoms. The first kappa shape index (κ1) is 13.1. The van der Waals surface area contributed by atoms with Gasteiger partial charge in [0.25, 0.3) is 5.69 Å². The van der Waals surface area contributed by atoms with E-state index in [-0.39, 0.29) is 10.6 Å². The van der Waals surface area contributed by atoms with Gasteiger partial charge in [0.2, 0.25) is 0 Å². The van der Waals surface area contributed by atoms with Gasteiger partial charge >= 0.3 is 0 Å². The van der Waals surface area contributed by atoms with Crippen LogP contribution in [0.1, 0.15) is 31.7 Å². The Morgan fingerprint density at radius 1 is 1.50 bits per heavy atom. The molecular formula is C13H17ClN2O2. The molecule has 0 heterocycles. The van der Waals surface area contributed by atoms with Gasteiger partial charge in [-0.3, -0.25) is 10.1 Å². The fourth-order valence-corrected chi connectivity index (χ4v) is 2.33. The fraction of sp³-hybridized carbons (Fsp3) is 0.538. The highest BCUT2D eigenvalue weighted by Gasteiger charge is 2.32. The molecule has 0 aromatic heterocycles. The number of hydrogen-bond donors (Lipinski definition) is 0. The second-order valence-electron chi connectivity index (χ2n) is 4.64. The minimum Gasteiger partial charge on any atom is -0.363 e. The Kier molecular flexibility index (Phi) is 4.07. The van der Waals surface area contributed by atoms with E-state index >= 15 is 0 Å². The van der Waals surface area contributed by atoms with Gasteiger partial charge in [0.05, 0.1) is 4.92 Å². The van der Waals surface area contributed by atoms with Crippen LogP contribution in [-0.4, -0.2) is 17.5 Å². The quantitative estimate of drug-likeness (QED) is 0.449. The van der Waals surface area contributed by atoms with Crippen LogP contribution in [0.2, 0.25) is 0 Å². The van der Waals surface area contributed by atoms with E-state index in [2.05, 4.69) is 11.8 Å². The average Bonchev–Trinajstić information content (AvgIpc) is 3.19. The summed E-state index contributed by atoms with van der Waals surface area (Å²) in [5.41, 5.74) is 1.70. The Balaban J connectivity index is 2.37. The molecule has 0 atom stereocenters. The molecule has 0 N–H and O–H groups in total. The smallest absolute Gasteiger partial charge is 0.292 e. The highest BCUT2D eigenvalue weighted by atomic mass is 35.5. The van der Waals surface area contributed by atoms with Crippen molar-refractivity contribution in [3.05, 3.63) is 33.9 Å². The van der Waals surface area contributed by atoms with Crippen LogP contribution >= 0.6 is 11.6 Å². The molecule has 5 heteroatoms. The van der Waals surface area contributed by atoms with Crippen molar-refractivity contribution < 1.29 is 4.92 Å². The molecule has 1 aliphatic carbocycles. The van der Waals surface area contributed by atoms with E-state index < -0.39 is 0 Å². The predicted octanol–water partition coefficient (Wildman–Crippen LogP) is 3.71. The van der Waals surface area contributed by atoms with Crippen LogP contribution in [0, 0.1) is 10.1 Å². The predicted molar refractivity (Wildman–Crippen MR) is 73.3 cm³/mol. The van der Waals surface area contributed by atoms with Gasteiger partial charge in [-0.2, -0.15) is 0 Å². The zero-order valence-electron chi connectivity index (χ0n) is 10.4. The Morgan fingerprint density at radius 2 is 2.22 bits per heavy atom. The molecule has 2 rings (SSSR count). The lowest BCUT2D eigenvalue weighted by atomic mass is 10.1. The number of nitrogens with zero attached hydrogens (tertiary/aromatic N) is 2. The monoisotopic (exact) mass is 268 g/mol. The second kappa shape index (κ2) is 5.57. The minimum atomic E-state index is -0.309. The van der Waals surface area contributed by atoms with E-state index in [4.69, 9.17) is 11.6 Å². The van der Waals surface area contributed by atoms with Crippen LogP contribution in [0.25, 0.3) is 0 Å². The highest BCUT2D eigenvalue weighted by Crippen LogP contribution is 2.37. The topological polar surface area (TPSA) is 46.4 Å². The zero-order chi connectivity index (χ0) is 13.1. The second-order valence-corrected chi connectivity index (χ2v) is 4.91. The average molecular weight is 269 g/mol. The molecule has 0 spiro atoms. The van der Waals surface area contributed by atoms with E-state index in [0.717, 1.165) is 37.1 Å². The summed E-state index contributed by atoms with van der Waals surface area (Å²) in [6.45, 7) is 2.96. The first-order valence-corrected chi connectivity index (χ1v) is 6.80. The number of nitro groups is 1. The van der Waals surface area contributed by atoms with Crippen molar-refractivity contribution in [1.29, 1.82) is 0 Å². The maximum atomic E-state index is 11.2. The van der Waals surface area contributed by atoms with Gasteiger partial charge < -0.3 is 4.90 Å². The molecular weight excluding hydrogens is 252 g/mol. The number of halogens is 1. The van der Waals surface area contributed by atoms with Gasteiger partial charge in [-0.15, -0.1) is 11.6 Å². The van der Waals surface area contributed by atoms with Crippen LogP contribution in [0.15, 0.2) is 18.2 Å². The van der Waals surface area contributed by atoms with Gasteiger partial charge in [-0.1, -0.05) is 13.0 Å². The molecule has 0 amide bonds. The molecule has 4 nitrogen and oxygen atoms in total. The molecule has 1 aliphatic rings. The van der Waals surface area contributed by atoms with E-state index in [1.807, 2.05) is 12.1 Å². The third kappa shape index (κ3) is 2.75. The summed E-state index contributed by atoms with van der Waals surface area (Å²) in [5, 5.41) is 11.2. The SMILES string of the molecule is CCCN(c1ccc(CCl)cc1[N+](=O)[O-])C1CC1. The number of hydrogen-bond acceptors (Lipinski definition) is 3. The third-order valence-corrected chi connectivity index (χ3v) is 3.46. The molecule has 1 fully saturated rings. The van der Waals surface area contributed by atoms with Crippen molar-refractivity contribution in [3.63, 3.8) is 0 Å². The summed E-state index contributed by atoms with van der Waals surface area (Å²) < 4.78 is 0. The fourth-order valence-electron chi connectivity index (χ4n) is 2.17. The van der Waals surface area contributed by atoms with Crippen molar-refractivity contribution >= 4 is 23.0 Å². The maximum absolute atomic E-state index is 11.2. The van der Waals surface area contributed by atoms with Crippen molar-refractivity contribution in [3.8, 4) is 0 Å². The van der Waals surface area contributed by atoms with E-state index in [9.17, 15) is 10.1 Å². The van der Waals surface area contributed by atoms with Gasteiger partial charge in [-0.25, -0.2) is 0 Å². The van der Waals surface area contributed by atoms with Crippen LogP contribution in [0.5, 0.6) is 0 Å². The van der Waals surface area contributed by atoms with Gasteiger partial charge in [0, 0.05) is 24.5 Å². The molecule has 0 unspecified atom stereocenters. The lowest BCUT2D eigenvalue weighted by Crippen LogP contribution is -2.27. The Labute approximate surface area is 112 Å². The minimum absolute atomic E-state index is 0.175. The maximum Gasteiger partial charge on any atom is 0.292 e. The molecule has 0 bridgehead atoms. The Bertz CT molecular complexity index is 447. The Morgan fingerprint density at radius 3 is 2.72 bits per heavy atom. The summed E-state index contributed by atoms with van der Waals surface area (Å²) in [5.74, 6) is 0.304. The summed E-state index contributed by atoms with van der Waals surface area (Å²) in [4.78, 5) is 13.0. The molecule has 0 saturated heterocycles. The standard InChI is InChI=1S/C13H17ClN2O2/c1-2-7-15(11-4-5-11)12-6-3-10(9-14)8-13(12)16(17)18/h3,6,8,11H,2,4-5,7,9H2,1H3. The Hall–Kier alpha value is -1.29. The number of nitro benzene ring substituents is 1. The van der Waals surface area contributed by atoms with Gasteiger partial charge in [0.15, 0.2) is 0 Å². The van der Waals surface area contributed by atoms with Crippen molar-refractivity contribution in [2.75, 3.05) is 11.4 Å². The van der Waals surface area contributed by atoms with Gasteiger partial charge in [-0.05, 0) is 30.9 Å². The summed E-state index contributed by atoms with van der Waals surface area (Å²) in [6.07, 6.45) is 3.26.